The third-order valence-corrected chi connectivity index (χ3v) is 5.87. The number of nitrogens with one attached hydrogen (secondary N) is 1. The van der Waals surface area contributed by atoms with Crippen molar-refractivity contribution in [1.29, 1.82) is 0 Å². The van der Waals surface area contributed by atoms with Gasteiger partial charge >= 0.3 is 0 Å². The van der Waals surface area contributed by atoms with E-state index < -0.39 is 0 Å². The molecule has 1 aromatic rings. The van der Waals surface area contributed by atoms with E-state index in [1.807, 2.05) is 29.2 Å². The summed E-state index contributed by atoms with van der Waals surface area (Å²) in [5.74, 6) is 2.38. The second kappa shape index (κ2) is 7.87. The first-order chi connectivity index (χ1) is 12.7. The Balaban J connectivity index is 1.34. The van der Waals surface area contributed by atoms with Crippen LogP contribution in [0.15, 0.2) is 24.3 Å². The van der Waals surface area contributed by atoms with Crippen LogP contribution in [0.25, 0.3) is 0 Å². The summed E-state index contributed by atoms with van der Waals surface area (Å²) in [6, 6.07) is 9.02. The number of benzene rings is 1. The molecule has 2 fully saturated rings. The van der Waals surface area contributed by atoms with Gasteiger partial charge in [-0.2, -0.15) is 0 Å². The van der Waals surface area contributed by atoms with Crippen molar-refractivity contribution in [1.82, 2.24) is 10.2 Å². The van der Waals surface area contributed by atoms with E-state index in [1.54, 1.807) is 0 Å². The summed E-state index contributed by atoms with van der Waals surface area (Å²) in [4.78, 5) is 15.0. The van der Waals surface area contributed by atoms with Crippen LogP contribution < -0.4 is 14.8 Å². The number of nitrogens with zero attached hydrogens (tertiary/aromatic N) is 1. The Labute approximate surface area is 156 Å². The van der Waals surface area contributed by atoms with Gasteiger partial charge in [0.2, 0.25) is 5.91 Å². The molecule has 5 nitrogen and oxygen atoms in total. The quantitative estimate of drug-likeness (QED) is 0.849. The minimum absolute atomic E-state index is 0.0930. The Morgan fingerprint density at radius 1 is 1.19 bits per heavy atom. The second-order valence-electron chi connectivity index (χ2n) is 8.02. The van der Waals surface area contributed by atoms with Gasteiger partial charge in [-0.05, 0) is 50.2 Å². The molecular formula is C21H30N2O3. The van der Waals surface area contributed by atoms with Gasteiger partial charge in [0.05, 0.1) is 6.54 Å². The van der Waals surface area contributed by atoms with Crippen molar-refractivity contribution >= 4 is 5.91 Å². The average Bonchev–Trinajstić information content (AvgIpc) is 2.99. The molecule has 2 bridgehead atoms. The lowest BCUT2D eigenvalue weighted by atomic mass is 9.89. The fraction of sp³-hybridized carbons (Fsp3) is 0.667. The molecule has 26 heavy (non-hydrogen) atoms. The zero-order valence-electron chi connectivity index (χ0n) is 15.7. The molecule has 1 amide bonds. The van der Waals surface area contributed by atoms with E-state index in [0.717, 1.165) is 37.3 Å². The van der Waals surface area contributed by atoms with Crippen LogP contribution in [0.2, 0.25) is 0 Å². The lowest BCUT2D eigenvalue weighted by Crippen LogP contribution is -2.45. The monoisotopic (exact) mass is 358 g/mol. The van der Waals surface area contributed by atoms with Gasteiger partial charge in [0, 0.05) is 25.0 Å². The Hall–Kier alpha value is -1.75. The highest BCUT2D eigenvalue weighted by Crippen LogP contribution is 2.34. The number of carbonyl (C=O) groups is 1. The Kier molecular flexibility index (Phi) is 5.34. The van der Waals surface area contributed by atoms with Crippen LogP contribution in [-0.4, -0.2) is 48.7 Å². The first-order valence-electron chi connectivity index (χ1n) is 10.1. The highest BCUT2D eigenvalue weighted by atomic mass is 16.6. The maximum atomic E-state index is 13.0. The molecule has 3 aliphatic heterocycles. The van der Waals surface area contributed by atoms with Gasteiger partial charge in [-0.25, -0.2) is 0 Å². The standard InChI is InChI=1S/C21H30N2O3/c1-2-9-23(13-18-14-25-19-5-3-4-6-20(19)26-18)21(24)12-15-10-16-7-8-17(11-15)22-16/h3-6,15-18,22H,2,7-14H2,1H3. The molecule has 3 heterocycles. The molecule has 3 unspecified atom stereocenters. The summed E-state index contributed by atoms with van der Waals surface area (Å²) in [5.41, 5.74) is 0. The highest BCUT2D eigenvalue weighted by Gasteiger charge is 2.35. The van der Waals surface area contributed by atoms with Crippen molar-refractivity contribution in [2.75, 3.05) is 19.7 Å². The van der Waals surface area contributed by atoms with Crippen molar-refractivity contribution in [2.45, 2.75) is 63.6 Å². The number of carbonyl (C=O) groups excluding carboxylic acids is 1. The van der Waals surface area contributed by atoms with Crippen LogP contribution in [0, 0.1) is 5.92 Å². The van der Waals surface area contributed by atoms with Crippen LogP contribution in [0.3, 0.4) is 0 Å². The summed E-state index contributed by atoms with van der Waals surface area (Å²) in [6.45, 7) is 4.03. The van der Waals surface area contributed by atoms with Gasteiger partial charge in [0.25, 0.3) is 0 Å². The van der Waals surface area contributed by atoms with E-state index in [1.165, 1.54) is 12.8 Å². The molecule has 3 aliphatic rings. The fourth-order valence-corrected chi connectivity index (χ4v) is 4.70. The van der Waals surface area contributed by atoms with E-state index in [2.05, 4.69) is 12.2 Å². The fourth-order valence-electron chi connectivity index (χ4n) is 4.70. The third kappa shape index (κ3) is 3.98. The molecule has 3 atom stereocenters. The molecule has 0 spiro atoms. The molecule has 142 valence electrons. The smallest absolute Gasteiger partial charge is 0.222 e. The van der Waals surface area contributed by atoms with Gasteiger partial charge in [-0.1, -0.05) is 19.1 Å². The number of piperidine rings is 1. The zero-order chi connectivity index (χ0) is 17.9. The summed E-state index contributed by atoms with van der Waals surface area (Å²) in [6.07, 6.45) is 6.41. The minimum atomic E-state index is -0.0930. The summed E-state index contributed by atoms with van der Waals surface area (Å²) in [5, 5.41) is 3.66. The highest BCUT2D eigenvalue weighted by molar-refractivity contribution is 5.76. The van der Waals surface area contributed by atoms with Crippen molar-refractivity contribution in [3.63, 3.8) is 0 Å². The van der Waals surface area contributed by atoms with Crippen molar-refractivity contribution in [3.8, 4) is 11.5 Å². The maximum Gasteiger partial charge on any atom is 0.222 e. The number of rotatable bonds is 6. The van der Waals surface area contributed by atoms with Crippen LogP contribution in [0.4, 0.5) is 0 Å². The van der Waals surface area contributed by atoms with Gasteiger partial charge in [0.1, 0.15) is 6.61 Å². The van der Waals surface area contributed by atoms with Crippen molar-refractivity contribution in [2.24, 2.45) is 5.92 Å². The molecule has 0 radical (unpaired) electrons. The number of amides is 1. The molecule has 0 aliphatic carbocycles. The van der Waals surface area contributed by atoms with E-state index in [9.17, 15) is 4.79 Å². The van der Waals surface area contributed by atoms with Crippen LogP contribution in [-0.2, 0) is 4.79 Å². The number of hydrogen-bond donors (Lipinski definition) is 1. The summed E-state index contributed by atoms with van der Waals surface area (Å²) >= 11 is 0. The van der Waals surface area contributed by atoms with E-state index in [0.29, 0.717) is 37.6 Å². The Morgan fingerprint density at radius 3 is 2.65 bits per heavy atom. The van der Waals surface area contributed by atoms with Crippen molar-refractivity contribution in [3.05, 3.63) is 24.3 Å². The first kappa shape index (κ1) is 17.7. The number of para-hydroxylation sites is 2. The largest absolute Gasteiger partial charge is 0.486 e. The summed E-state index contributed by atoms with van der Waals surface area (Å²) in [7, 11) is 0. The minimum Gasteiger partial charge on any atom is -0.486 e. The van der Waals surface area contributed by atoms with E-state index >= 15 is 0 Å². The SMILES string of the molecule is CCCN(CC1COc2ccccc2O1)C(=O)CC1CC2CCC(C1)N2. The molecule has 4 rings (SSSR count). The number of hydrogen-bond acceptors (Lipinski definition) is 4. The van der Waals surface area contributed by atoms with Gasteiger partial charge < -0.3 is 19.7 Å². The molecule has 2 saturated heterocycles. The van der Waals surface area contributed by atoms with Crippen LogP contribution in [0.1, 0.15) is 45.4 Å². The lowest BCUT2D eigenvalue weighted by molar-refractivity contribution is -0.134. The molecule has 0 aromatic heterocycles. The predicted octanol–water partition coefficient (Wildman–Crippen LogP) is 2.99. The van der Waals surface area contributed by atoms with Crippen molar-refractivity contribution < 1.29 is 14.3 Å². The lowest BCUT2D eigenvalue weighted by Gasteiger charge is -2.33. The maximum absolute atomic E-state index is 13.0. The molecule has 1 N–H and O–H groups in total. The molecule has 0 saturated carbocycles. The molecule has 1 aromatic carbocycles. The van der Waals surface area contributed by atoms with Gasteiger partial charge in [-0.15, -0.1) is 0 Å². The third-order valence-electron chi connectivity index (χ3n) is 5.87. The zero-order valence-corrected chi connectivity index (χ0v) is 15.7. The Bertz CT molecular complexity index is 623. The summed E-state index contributed by atoms with van der Waals surface area (Å²) < 4.78 is 11.9. The van der Waals surface area contributed by atoms with E-state index in [4.69, 9.17) is 9.47 Å². The van der Waals surface area contributed by atoms with E-state index in [-0.39, 0.29) is 12.0 Å². The second-order valence-corrected chi connectivity index (χ2v) is 8.02. The molecular weight excluding hydrogens is 328 g/mol. The topological polar surface area (TPSA) is 50.8 Å². The number of ether oxygens (including phenoxy) is 2. The van der Waals surface area contributed by atoms with Crippen LogP contribution in [0.5, 0.6) is 11.5 Å². The first-order valence-corrected chi connectivity index (χ1v) is 10.1. The Morgan fingerprint density at radius 2 is 1.92 bits per heavy atom. The average molecular weight is 358 g/mol. The number of fused-ring (bicyclic) bond motifs is 3. The van der Waals surface area contributed by atoms with Gasteiger partial charge in [0.15, 0.2) is 17.6 Å². The molecule has 5 heteroatoms. The predicted molar refractivity (Wildman–Crippen MR) is 101 cm³/mol. The van der Waals surface area contributed by atoms with Crippen LogP contribution >= 0.6 is 0 Å². The van der Waals surface area contributed by atoms with Gasteiger partial charge in [-0.3, -0.25) is 4.79 Å². The normalized spacial score (nSPS) is 29.4.